The maximum atomic E-state index is 11.2. The van der Waals surface area contributed by atoms with Crippen LogP contribution in [-0.2, 0) is 14.3 Å². The van der Waals surface area contributed by atoms with Crippen molar-refractivity contribution in [3.05, 3.63) is 0 Å². The van der Waals surface area contributed by atoms with Gasteiger partial charge in [0, 0.05) is 37.7 Å². The minimum Gasteiger partial charge on any atom is -0.459 e. The van der Waals surface area contributed by atoms with Gasteiger partial charge in [0.1, 0.15) is 0 Å². The van der Waals surface area contributed by atoms with Gasteiger partial charge in [0.2, 0.25) is 0 Å². The van der Waals surface area contributed by atoms with Gasteiger partial charge in [0.25, 0.3) is 0 Å². The lowest BCUT2D eigenvalue weighted by molar-refractivity contribution is -0.154. The average Bonchev–Trinajstić information content (AvgIpc) is 2.30. The quantitative estimate of drug-likeness (QED) is 0.546. The van der Waals surface area contributed by atoms with Crippen molar-refractivity contribution in [2.45, 2.75) is 6.92 Å². The normalized spacial score (nSPS) is 16.8. The van der Waals surface area contributed by atoms with E-state index in [2.05, 4.69) is 15.0 Å². The first-order chi connectivity index (χ1) is 7.74. The number of esters is 1. The first kappa shape index (κ1) is 13.3. The lowest BCUT2D eigenvalue weighted by atomic mass is 10.4. The summed E-state index contributed by atoms with van der Waals surface area (Å²) in [5.41, 5.74) is 0. The van der Waals surface area contributed by atoms with Crippen LogP contribution in [0.5, 0.6) is 0 Å². The van der Waals surface area contributed by atoms with Crippen LogP contribution in [0.3, 0.4) is 0 Å². The van der Waals surface area contributed by atoms with Crippen molar-refractivity contribution in [1.82, 2.24) is 10.2 Å². The molecule has 0 atom stereocenters. The summed E-state index contributed by atoms with van der Waals surface area (Å²) >= 11 is 1.95. The second-order valence-electron chi connectivity index (χ2n) is 3.43. The molecular weight excluding hydrogens is 228 g/mol. The van der Waals surface area contributed by atoms with Crippen molar-refractivity contribution >= 4 is 23.6 Å². The number of nitrogens with one attached hydrogen (secondary N) is 1. The summed E-state index contributed by atoms with van der Waals surface area (Å²) in [6.07, 6.45) is 0. The van der Waals surface area contributed by atoms with E-state index < -0.39 is 11.9 Å². The second-order valence-corrected chi connectivity index (χ2v) is 4.66. The van der Waals surface area contributed by atoms with Crippen molar-refractivity contribution in [2.24, 2.45) is 0 Å². The van der Waals surface area contributed by atoms with E-state index in [1.807, 2.05) is 11.8 Å². The molecule has 0 saturated carbocycles. The molecule has 0 aliphatic carbocycles. The van der Waals surface area contributed by atoms with Crippen molar-refractivity contribution < 1.29 is 14.3 Å². The lowest BCUT2D eigenvalue weighted by Crippen LogP contribution is -2.41. The Morgan fingerprint density at radius 1 is 1.38 bits per heavy atom. The Morgan fingerprint density at radius 3 is 2.69 bits per heavy atom. The summed E-state index contributed by atoms with van der Waals surface area (Å²) in [4.78, 5) is 24.4. The summed E-state index contributed by atoms with van der Waals surface area (Å²) in [6, 6.07) is 0. The van der Waals surface area contributed by atoms with Crippen LogP contribution in [-0.4, -0.2) is 61.1 Å². The van der Waals surface area contributed by atoms with E-state index in [9.17, 15) is 9.59 Å². The number of nitrogens with zero attached hydrogens (tertiary/aromatic N) is 1. The van der Waals surface area contributed by atoms with Gasteiger partial charge in [-0.05, 0) is 6.92 Å². The van der Waals surface area contributed by atoms with E-state index in [-0.39, 0.29) is 6.61 Å². The number of amides is 1. The van der Waals surface area contributed by atoms with Crippen LogP contribution < -0.4 is 5.32 Å². The molecule has 0 aromatic carbocycles. The number of thioether (sulfide) groups is 1. The molecule has 6 heteroatoms. The molecule has 0 unspecified atom stereocenters. The zero-order chi connectivity index (χ0) is 11.8. The SMILES string of the molecule is CCOC(=O)C(=O)NCCN1CCSCC1. The molecule has 5 nitrogen and oxygen atoms in total. The summed E-state index contributed by atoms with van der Waals surface area (Å²) in [6.45, 7) is 5.32. The summed E-state index contributed by atoms with van der Waals surface area (Å²) in [5.74, 6) is 0.849. The molecule has 1 N–H and O–H groups in total. The van der Waals surface area contributed by atoms with Crippen LogP contribution in [0.25, 0.3) is 0 Å². The minimum atomic E-state index is -0.795. The fourth-order valence-electron chi connectivity index (χ4n) is 1.42. The Balaban J connectivity index is 2.09. The summed E-state index contributed by atoms with van der Waals surface area (Å²) in [7, 11) is 0. The van der Waals surface area contributed by atoms with Gasteiger partial charge in [-0.25, -0.2) is 4.79 Å². The molecule has 0 spiro atoms. The smallest absolute Gasteiger partial charge is 0.396 e. The molecule has 1 aliphatic rings. The van der Waals surface area contributed by atoms with Gasteiger partial charge < -0.3 is 10.1 Å². The zero-order valence-electron chi connectivity index (χ0n) is 9.53. The summed E-state index contributed by atoms with van der Waals surface area (Å²) < 4.78 is 4.58. The van der Waals surface area contributed by atoms with E-state index in [4.69, 9.17) is 0 Å². The molecule has 1 amide bonds. The van der Waals surface area contributed by atoms with Crippen molar-refractivity contribution in [1.29, 1.82) is 0 Å². The number of hydrogen-bond donors (Lipinski definition) is 1. The third-order valence-electron chi connectivity index (χ3n) is 2.28. The second kappa shape index (κ2) is 7.51. The van der Waals surface area contributed by atoms with Gasteiger partial charge in [-0.2, -0.15) is 11.8 Å². The summed E-state index contributed by atoms with van der Waals surface area (Å²) in [5, 5.41) is 2.55. The topological polar surface area (TPSA) is 58.6 Å². The van der Waals surface area contributed by atoms with Gasteiger partial charge in [-0.15, -0.1) is 0 Å². The molecule has 1 heterocycles. The molecule has 0 bridgehead atoms. The zero-order valence-corrected chi connectivity index (χ0v) is 10.3. The number of carbonyl (C=O) groups is 2. The average molecular weight is 246 g/mol. The van der Waals surface area contributed by atoms with E-state index in [1.54, 1.807) is 6.92 Å². The fraction of sp³-hybridized carbons (Fsp3) is 0.800. The highest BCUT2D eigenvalue weighted by atomic mass is 32.2. The predicted octanol–water partition coefficient (Wildman–Crippen LogP) is -0.285. The Morgan fingerprint density at radius 2 is 2.06 bits per heavy atom. The van der Waals surface area contributed by atoms with E-state index in [1.165, 1.54) is 0 Å². The van der Waals surface area contributed by atoms with Crippen LogP contribution >= 0.6 is 11.8 Å². The lowest BCUT2D eigenvalue weighted by Gasteiger charge is -2.25. The molecule has 1 aliphatic heterocycles. The number of rotatable bonds is 4. The maximum Gasteiger partial charge on any atom is 0.396 e. The van der Waals surface area contributed by atoms with Crippen molar-refractivity contribution in [2.75, 3.05) is 44.3 Å². The Labute approximate surface area is 99.9 Å². The molecule has 0 radical (unpaired) electrons. The molecule has 16 heavy (non-hydrogen) atoms. The molecule has 1 rings (SSSR count). The third-order valence-corrected chi connectivity index (χ3v) is 3.22. The molecule has 92 valence electrons. The number of ether oxygens (including phenoxy) is 1. The standard InChI is InChI=1S/C10H18N2O3S/c1-2-15-10(14)9(13)11-3-4-12-5-7-16-8-6-12/h2-8H2,1H3,(H,11,13). The molecule has 0 aromatic heterocycles. The molecule has 0 aromatic rings. The largest absolute Gasteiger partial charge is 0.459 e. The van der Waals surface area contributed by atoms with E-state index in [0.29, 0.717) is 6.54 Å². The Bertz CT molecular complexity index is 242. The Kier molecular flexibility index (Phi) is 6.25. The molecule has 1 saturated heterocycles. The van der Waals surface area contributed by atoms with Gasteiger partial charge in [0.15, 0.2) is 0 Å². The van der Waals surface area contributed by atoms with Crippen LogP contribution in [0.1, 0.15) is 6.92 Å². The first-order valence-corrected chi connectivity index (χ1v) is 6.64. The first-order valence-electron chi connectivity index (χ1n) is 5.49. The third kappa shape index (κ3) is 4.85. The number of hydrogen-bond acceptors (Lipinski definition) is 5. The van der Waals surface area contributed by atoms with Gasteiger partial charge in [-0.1, -0.05) is 0 Å². The van der Waals surface area contributed by atoms with Crippen molar-refractivity contribution in [3.8, 4) is 0 Å². The highest BCUT2D eigenvalue weighted by Gasteiger charge is 2.15. The predicted molar refractivity (Wildman–Crippen MR) is 63.4 cm³/mol. The maximum absolute atomic E-state index is 11.2. The van der Waals surface area contributed by atoms with Gasteiger partial charge in [-0.3, -0.25) is 9.69 Å². The highest BCUT2D eigenvalue weighted by molar-refractivity contribution is 7.99. The van der Waals surface area contributed by atoms with Gasteiger partial charge in [0.05, 0.1) is 6.61 Å². The minimum absolute atomic E-state index is 0.232. The van der Waals surface area contributed by atoms with Crippen LogP contribution in [0, 0.1) is 0 Å². The van der Waals surface area contributed by atoms with Gasteiger partial charge >= 0.3 is 11.9 Å². The highest BCUT2D eigenvalue weighted by Crippen LogP contribution is 2.07. The Hall–Kier alpha value is -0.750. The van der Waals surface area contributed by atoms with Crippen molar-refractivity contribution in [3.63, 3.8) is 0 Å². The number of carbonyl (C=O) groups excluding carboxylic acids is 2. The van der Waals surface area contributed by atoms with E-state index in [0.717, 1.165) is 31.1 Å². The van der Waals surface area contributed by atoms with Crippen LogP contribution in [0.2, 0.25) is 0 Å². The monoisotopic (exact) mass is 246 g/mol. The molecule has 1 fully saturated rings. The van der Waals surface area contributed by atoms with Crippen LogP contribution in [0.15, 0.2) is 0 Å². The molecular formula is C10H18N2O3S. The fourth-order valence-corrected chi connectivity index (χ4v) is 2.40. The van der Waals surface area contributed by atoms with E-state index >= 15 is 0 Å². The van der Waals surface area contributed by atoms with Crippen LogP contribution in [0.4, 0.5) is 0 Å².